The Morgan fingerprint density at radius 3 is 2.44 bits per heavy atom. The molecule has 2 saturated heterocycles. The second-order valence-electron chi connectivity index (χ2n) is 6.29. The summed E-state index contributed by atoms with van der Waals surface area (Å²) in [5, 5.41) is 0. The van der Waals surface area contributed by atoms with Crippen LogP contribution in [0.2, 0.25) is 4.34 Å². The van der Waals surface area contributed by atoms with Gasteiger partial charge < -0.3 is 14.7 Å². The molecule has 0 aromatic carbocycles. The molecule has 0 unspecified atom stereocenters. The molecule has 25 heavy (non-hydrogen) atoms. The lowest BCUT2D eigenvalue weighted by Gasteiger charge is -2.35. The van der Waals surface area contributed by atoms with Gasteiger partial charge in [0, 0.05) is 45.5 Å². The molecule has 8 heteroatoms. The molecule has 2 fully saturated rings. The van der Waals surface area contributed by atoms with Crippen LogP contribution in [0.15, 0.2) is 24.4 Å². The predicted octanol–water partition coefficient (Wildman–Crippen LogP) is 2.75. The lowest BCUT2D eigenvalue weighted by Crippen LogP contribution is -2.49. The lowest BCUT2D eigenvalue weighted by atomic mass is 10.3. The van der Waals surface area contributed by atoms with E-state index in [-0.39, 0.29) is 5.91 Å². The monoisotopic (exact) mass is 377 g/mol. The van der Waals surface area contributed by atoms with Gasteiger partial charge >= 0.3 is 0 Å². The summed E-state index contributed by atoms with van der Waals surface area (Å²) in [6.45, 7) is 5.02. The van der Waals surface area contributed by atoms with E-state index in [0.29, 0.717) is 22.3 Å². The first kappa shape index (κ1) is 16.6. The summed E-state index contributed by atoms with van der Waals surface area (Å²) in [5.41, 5.74) is 0. The number of piperazine rings is 1. The van der Waals surface area contributed by atoms with Gasteiger partial charge in [0.25, 0.3) is 5.91 Å². The Morgan fingerprint density at radius 1 is 1.00 bits per heavy atom. The maximum Gasteiger partial charge on any atom is 0.264 e. The molecule has 1 amide bonds. The molecule has 2 aliphatic heterocycles. The zero-order valence-electron chi connectivity index (χ0n) is 13.9. The van der Waals surface area contributed by atoms with E-state index in [9.17, 15) is 4.79 Å². The number of nitrogens with zero attached hydrogens (tertiary/aromatic N) is 5. The molecule has 0 spiro atoms. The molecule has 2 aromatic heterocycles. The number of carbonyl (C=O) groups excluding carboxylic acids is 1. The van der Waals surface area contributed by atoms with Gasteiger partial charge in [-0.05, 0) is 31.0 Å². The maximum atomic E-state index is 12.5. The third-order valence-electron chi connectivity index (χ3n) is 4.69. The van der Waals surface area contributed by atoms with E-state index < -0.39 is 0 Å². The van der Waals surface area contributed by atoms with Gasteiger partial charge in [-0.2, -0.15) is 4.98 Å². The minimum absolute atomic E-state index is 0.0667. The van der Waals surface area contributed by atoms with Crippen LogP contribution in [0.3, 0.4) is 0 Å². The second-order valence-corrected chi connectivity index (χ2v) is 8.01. The molecule has 6 nitrogen and oxygen atoms in total. The molecule has 0 aliphatic carbocycles. The third-order valence-corrected chi connectivity index (χ3v) is 5.91. The molecule has 2 aromatic rings. The number of thiophene rings is 1. The van der Waals surface area contributed by atoms with Crippen LogP contribution in [0.5, 0.6) is 0 Å². The van der Waals surface area contributed by atoms with E-state index in [0.717, 1.165) is 37.9 Å². The minimum atomic E-state index is 0.0667. The van der Waals surface area contributed by atoms with Crippen LogP contribution >= 0.6 is 22.9 Å². The molecule has 2 aliphatic rings. The van der Waals surface area contributed by atoms with Crippen molar-refractivity contribution in [3.63, 3.8) is 0 Å². The van der Waals surface area contributed by atoms with Gasteiger partial charge in [-0.3, -0.25) is 4.79 Å². The van der Waals surface area contributed by atoms with Gasteiger partial charge in [0.15, 0.2) is 0 Å². The number of hydrogen-bond donors (Lipinski definition) is 0. The van der Waals surface area contributed by atoms with Gasteiger partial charge in [-0.25, -0.2) is 4.98 Å². The van der Waals surface area contributed by atoms with E-state index in [1.165, 1.54) is 24.2 Å². The molecule has 0 radical (unpaired) electrons. The van der Waals surface area contributed by atoms with Crippen molar-refractivity contribution in [3.8, 4) is 0 Å². The van der Waals surface area contributed by atoms with Crippen LogP contribution in [0.1, 0.15) is 22.5 Å². The number of rotatable bonds is 3. The van der Waals surface area contributed by atoms with Crippen molar-refractivity contribution in [2.45, 2.75) is 12.8 Å². The SMILES string of the molecule is O=C(c1ccc(Cl)s1)N1CCN(c2ccnc(N3CCCC3)n2)CC1. The van der Waals surface area contributed by atoms with E-state index in [4.69, 9.17) is 16.6 Å². The Hall–Kier alpha value is -1.86. The number of halogens is 1. The summed E-state index contributed by atoms with van der Waals surface area (Å²) in [5.74, 6) is 1.84. The second kappa shape index (κ2) is 7.17. The highest BCUT2D eigenvalue weighted by atomic mass is 35.5. The van der Waals surface area contributed by atoms with Crippen molar-refractivity contribution < 1.29 is 4.79 Å². The number of aromatic nitrogens is 2. The highest BCUT2D eigenvalue weighted by Gasteiger charge is 2.24. The fraction of sp³-hybridized carbons (Fsp3) is 0.471. The van der Waals surface area contributed by atoms with Crippen LogP contribution in [0.25, 0.3) is 0 Å². The van der Waals surface area contributed by atoms with E-state index >= 15 is 0 Å². The topological polar surface area (TPSA) is 52.6 Å². The Labute approximate surface area is 156 Å². The molecule has 4 rings (SSSR count). The van der Waals surface area contributed by atoms with Crippen molar-refractivity contribution in [1.82, 2.24) is 14.9 Å². The average molecular weight is 378 g/mol. The molecule has 0 atom stereocenters. The first-order valence-electron chi connectivity index (χ1n) is 8.58. The van der Waals surface area contributed by atoms with Gasteiger partial charge in [-0.15, -0.1) is 11.3 Å². The maximum absolute atomic E-state index is 12.5. The Bertz CT molecular complexity index is 753. The highest BCUT2D eigenvalue weighted by molar-refractivity contribution is 7.17. The van der Waals surface area contributed by atoms with Crippen molar-refractivity contribution in [2.75, 3.05) is 49.1 Å². The third kappa shape index (κ3) is 3.57. The zero-order valence-corrected chi connectivity index (χ0v) is 15.5. The van der Waals surface area contributed by atoms with E-state index in [1.54, 1.807) is 12.1 Å². The molecule has 132 valence electrons. The van der Waals surface area contributed by atoms with Crippen molar-refractivity contribution >= 4 is 40.6 Å². The molecule has 4 heterocycles. The zero-order chi connectivity index (χ0) is 17.2. The summed E-state index contributed by atoms with van der Waals surface area (Å²) < 4.78 is 0.650. The fourth-order valence-electron chi connectivity index (χ4n) is 3.31. The number of carbonyl (C=O) groups is 1. The molecule has 0 N–H and O–H groups in total. The van der Waals surface area contributed by atoms with Gasteiger partial charge in [-0.1, -0.05) is 11.6 Å². The van der Waals surface area contributed by atoms with Gasteiger partial charge in [0.05, 0.1) is 9.21 Å². The van der Waals surface area contributed by atoms with Crippen molar-refractivity contribution in [2.24, 2.45) is 0 Å². The van der Waals surface area contributed by atoms with Crippen molar-refractivity contribution in [1.29, 1.82) is 0 Å². The number of amides is 1. The Balaban J connectivity index is 1.40. The van der Waals surface area contributed by atoms with Crippen molar-refractivity contribution in [3.05, 3.63) is 33.6 Å². The van der Waals surface area contributed by atoms with Crippen LogP contribution < -0.4 is 9.80 Å². The molecule has 0 saturated carbocycles. The minimum Gasteiger partial charge on any atom is -0.353 e. The Morgan fingerprint density at radius 2 is 1.76 bits per heavy atom. The van der Waals surface area contributed by atoms with Crippen LogP contribution in [-0.4, -0.2) is 60.0 Å². The fourth-order valence-corrected chi connectivity index (χ4v) is 4.32. The smallest absolute Gasteiger partial charge is 0.264 e. The number of hydrogen-bond acceptors (Lipinski definition) is 6. The van der Waals surface area contributed by atoms with Crippen LogP contribution in [0, 0.1) is 0 Å². The van der Waals surface area contributed by atoms with Crippen LogP contribution in [-0.2, 0) is 0 Å². The normalized spacial score (nSPS) is 18.0. The summed E-state index contributed by atoms with van der Waals surface area (Å²) >= 11 is 7.27. The Kier molecular flexibility index (Phi) is 4.76. The average Bonchev–Trinajstić information content (AvgIpc) is 3.33. The van der Waals surface area contributed by atoms with Gasteiger partial charge in [0.1, 0.15) is 5.82 Å². The molecule has 0 bridgehead atoms. The quantitative estimate of drug-likeness (QED) is 0.823. The summed E-state index contributed by atoms with van der Waals surface area (Å²) in [6, 6.07) is 5.53. The van der Waals surface area contributed by atoms with Crippen LogP contribution in [0.4, 0.5) is 11.8 Å². The summed E-state index contributed by atoms with van der Waals surface area (Å²) in [4.78, 5) is 28.7. The summed E-state index contributed by atoms with van der Waals surface area (Å²) in [7, 11) is 0. The van der Waals surface area contributed by atoms with Gasteiger partial charge in [0.2, 0.25) is 5.95 Å². The van der Waals surface area contributed by atoms with E-state index in [2.05, 4.69) is 14.8 Å². The highest BCUT2D eigenvalue weighted by Crippen LogP contribution is 2.24. The van der Waals surface area contributed by atoms with E-state index in [1.807, 2.05) is 17.2 Å². The summed E-state index contributed by atoms with van der Waals surface area (Å²) in [6.07, 6.45) is 4.25. The predicted molar refractivity (Wildman–Crippen MR) is 101 cm³/mol. The molecular weight excluding hydrogens is 358 g/mol. The standard InChI is InChI=1S/C17H20ClN5OS/c18-14-4-3-13(25-14)16(24)22-11-9-21(10-12-22)15-5-6-19-17(20-15)23-7-1-2-8-23/h3-6H,1-2,7-12H2. The first-order chi connectivity index (χ1) is 12.2. The lowest BCUT2D eigenvalue weighted by molar-refractivity contribution is 0.0751. The molecular formula is C17H20ClN5OS. The first-order valence-corrected chi connectivity index (χ1v) is 9.78. The number of anilines is 2. The largest absolute Gasteiger partial charge is 0.353 e.